The van der Waals surface area contributed by atoms with Gasteiger partial charge in [-0.05, 0) is 12.1 Å². The predicted octanol–water partition coefficient (Wildman–Crippen LogP) is 3.55. The van der Waals surface area contributed by atoms with Crippen molar-refractivity contribution in [2.45, 2.75) is 12.6 Å². The van der Waals surface area contributed by atoms with E-state index in [1.54, 1.807) is 0 Å². The summed E-state index contributed by atoms with van der Waals surface area (Å²) < 4.78 is 61.7. The maximum absolute atomic E-state index is 12.8. The van der Waals surface area contributed by atoms with Crippen LogP contribution < -0.4 is 0 Å². The quantitative estimate of drug-likeness (QED) is 0.727. The zero-order valence-electron chi connectivity index (χ0n) is 7.83. The number of alkyl halides is 3. The number of benzene rings is 1. The van der Waals surface area contributed by atoms with Gasteiger partial charge in [0.25, 0.3) is 0 Å². The van der Waals surface area contributed by atoms with Crippen molar-refractivity contribution in [1.29, 1.82) is 0 Å². The molecule has 16 heavy (non-hydrogen) atoms. The van der Waals surface area contributed by atoms with Crippen LogP contribution in [0.3, 0.4) is 0 Å². The highest BCUT2D eigenvalue weighted by Gasteiger charge is 2.28. The van der Waals surface area contributed by atoms with Crippen LogP contribution in [0.1, 0.15) is 5.69 Å². The highest BCUT2D eigenvalue weighted by molar-refractivity contribution is 5.80. The van der Waals surface area contributed by atoms with Gasteiger partial charge in [-0.25, -0.2) is 8.78 Å². The number of halogens is 5. The van der Waals surface area contributed by atoms with Crippen molar-refractivity contribution >= 4 is 10.9 Å². The molecule has 0 fully saturated rings. The SMILES string of the molecule is Fc1cc2cc(CC(F)(F)F)[nH]c2cc1F. The van der Waals surface area contributed by atoms with E-state index in [9.17, 15) is 22.0 Å². The first-order chi connectivity index (χ1) is 7.35. The van der Waals surface area contributed by atoms with Gasteiger partial charge in [0.2, 0.25) is 0 Å². The van der Waals surface area contributed by atoms with E-state index in [1.165, 1.54) is 0 Å². The normalized spacial score (nSPS) is 12.3. The van der Waals surface area contributed by atoms with Crippen molar-refractivity contribution in [2.24, 2.45) is 0 Å². The van der Waals surface area contributed by atoms with Crippen LogP contribution in [0.15, 0.2) is 18.2 Å². The summed E-state index contributed by atoms with van der Waals surface area (Å²) in [6.45, 7) is 0. The van der Waals surface area contributed by atoms with Crippen LogP contribution in [0.2, 0.25) is 0 Å². The molecule has 0 unspecified atom stereocenters. The Kier molecular flexibility index (Phi) is 2.36. The third-order valence-electron chi connectivity index (χ3n) is 2.11. The summed E-state index contributed by atoms with van der Waals surface area (Å²) in [4.78, 5) is 2.39. The fraction of sp³-hybridized carbons (Fsp3) is 0.200. The molecule has 0 saturated heterocycles. The van der Waals surface area contributed by atoms with Crippen LogP contribution in [0, 0.1) is 11.6 Å². The number of aromatic amines is 1. The molecule has 0 spiro atoms. The topological polar surface area (TPSA) is 15.8 Å². The van der Waals surface area contributed by atoms with E-state index in [0.29, 0.717) is 0 Å². The van der Waals surface area contributed by atoms with Gasteiger partial charge in [-0.15, -0.1) is 0 Å². The van der Waals surface area contributed by atoms with Crippen molar-refractivity contribution < 1.29 is 22.0 Å². The predicted molar refractivity (Wildman–Crippen MR) is 48.0 cm³/mol. The molecule has 86 valence electrons. The van der Waals surface area contributed by atoms with Crippen molar-refractivity contribution in [3.05, 3.63) is 35.5 Å². The second-order valence-corrected chi connectivity index (χ2v) is 3.44. The summed E-state index contributed by atoms with van der Waals surface area (Å²) >= 11 is 0. The molecule has 0 bridgehead atoms. The van der Waals surface area contributed by atoms with E-state index in [1.807, 2.05) is 0 Å². The highest BCUT2D eigenvalue weighted by Crippen LogP contribution is 2.25. The van der Waals surface area contributed by atoms with E-state index in [4.69, 9.17) is 0 Å². The van der Waals surface area contributed by atoms with Crippen LogP contribution in [-0.2, 0) is 6.42 Å². The minimum Gasteiger partial charge on any atom is -0.358 e. The number of nitrogens with one attached hydrogen (secondary N) is 1. The first-order valence-corrected chi connectivity index (χ1v) is 4.38. The molecule has 0 saturated carbocycles. The summed E-state index contributed by atoms with van der Waals surface area (Å²) in [6.07, 6.45) is -5.50. The summed E-state index contributed by atoms with van der Waals surface area (Å²) in [5.41, 5.74) is 0.0330. The molecule has 0 aliphatic carbocycles. The monoisotopic (exact) mass is 235 g/mol. The molecule has 1 aromatic heterocycles. The van der Waals surface area contributed by atoms with Crippen LogP contribution >= 0.6 is 0 Å². The third-order valence-corrected chi connectivity index (χ3v) is 2.11. The molecule has 2 rings (SSSR count). The second-order valence-electron chi connectivity index (χ2n) is 3.44. The van der Waals surface area contributed by atoms with Gasteiger partial charge in [-0.1, -0.05) is 0 Å². The molecule has 0 aliphatic heterocycles. The van der Waals surface area contributed by atoms with Gasteiger partial charge in [0.1, 0.15) is 0 Å². The molecule has 2 aromatic rings. The van der Waals surface area contributed by atoms with Crippen molar-refractivity contribution in [3.63, 3.8) is 0 Å². The Morgan fingerprint density at radius 1 is 1.00 bits per heavy atom. The number of H-pyrrole nitrogens is 1. The molecule has 0 amide bonds. The number of hydrogen-bond donors (Lipinski definition) is 1. The lowest BCUT2D eigenvalue weighted by atomic mass is 10.2. The largest absolute Gasteiger partial charge is 0.394 e. The maximum Gasteiger partial charge on any atom is 0.394 e. The van der Waals surface area contributed by atoms with Gasteiger partial charge in [0, 0.05) is 22.7 Å². The van der Waals surface area contributed by atoms with Gasteiger partial charge >= 0.3 is 6.18 Å². The summed E-state index contributed by atoms with van der Waals surface area (Å²) in [6, 6.07) is 2.86. The zero-order valence-corrected chi connectivity index (χ0v) is 7.83. The third kappa shape index (κ3) is 2.15. The molecule has 1 aromatic carbocycles. The fourth-order valence-electron chi connectivity index (χ4n) is 1.50. The second kappa shape index (κ2) is 3.47. The minimum atomic E-state index is -4.35. The number of rotatable bonds is 1. The van der Waals surface area contributed by atoms with E-state index in [2.05, 4.69) is 4.98 Å². The Morgan fingerprint density at radius 2 is 1.62 bits per heavy atom. The summed E-state index contributed by atoms with van der Waals surface area (Å²) in [5, 5.41) is 0.221. The van der Waals surface area contributed by atoms with E-state index < -0.39 is 24.2 Å². The molecular formula is C10H6F5N. The Balaban J connectivity index is 2.44. The Bertz CT molecular complexity index is 487. The van der Waals surface area contributed by atoms with E-state index >= 15 is 0 Å². The molecule has 1 nitrogen and oxygen atoms in total. The number of hydrogen-bond acceptors (Lipinski definition) is 0. The van der Waals surface area contributed by atoms with Gasteiger partial charge in [0.15, 0.2) is 11.6 Å². The van der Waals surface area contributed by atoms with E-state index in [-0.39, 0.29) is 16.6 Å². The molecule has 0 radical (unpaired) electrons. The first-order valence-electron chi connectivity index (χ1n) is 4.38. The number of aromatic nitrogens is 1. The van der Waals surface area contributed by atoms with E-state index in [0.717, 1.165) is 18.2 Å². The molecule has 1 heterocycles. The van der Waals surface area contributed by atoms with Gasteiger partial charge < -0.3 is 4.98 Å². The lowest BCUT2D eigenvalue weighted by Gasteiger charge is -2.02. The lowest BCUT2D eigenvalue weighted by molar-refractivity contribution is -0.127. The average Bonchev–Trinajstić information content (AvgIpc) is 2.44. The minimum absolute atomic E-state index is 0.118. The fourth-order valence-corrected chi connectivity index (χ4v) is 1.50. The number of fused-ring (bicyclic) bond motifs is 1. The van der Waals surface area contributed by atoms with Gasteiger partial charge in [0.05, 0.1) is 6.42 Å². The van der Waals surface area contributed by atoms with Gasteiger partial charge in [-0.3, -0.25) is 0 Å². The maximum atomic E-state index is 12.8. The van der Waals surface area contributed by atoms with Crippen LogP contribution in [-0.4, -0.2) is 11.2 Å². The summed E-state index contributed by atoms with van der Waals surface area (Å²) in [5.74, 6) is -2.17. The first kappa shape index (κ1) is 10.9. The summed E-state index contributed by atoms with van der Waals surface area (Å²) in [7, 11) is 0. The molecule has 1 N–H and O–H groups in total. The van der Waals surface area contributed by atoms with Crippen molar-refractivity contribution in [3.8, 4) is 0 Å². The Labute approximate surface area is 86.9 Å². The van der Waals surface area contributed by atoms with Crippen LogP contribution in [0.5, 0.6) is 0 Å². The smallest absolute Gasteiger partial charge is 0.358 e. The standard InChI is InChI=1S/C10H6F5N/c11-7-2-5-1-6(4-10(13,14)15)16-9(5)3-8(7)12/h1-3,16H,4H2. The van der Waals surface area contributed by atoms with Crippen LogP contribution in [0.4, 0.5) is 22.0 Å². The highest BCUT2D eigenvalue weighted by atomic mass is 19.4. The zero-order chi connectivity index (χ0) is 11.9. The lowest BCUT2D eigenvalue weighted by Crippen LogP contribution is -2.11. The van der Waals surface area contributed by atoms with Crippen molar-refractivity contribution in [2.75, 3.05) is 0 Å². The molecule has 6 heteroatoms. The average molecular weight is 235 g/mol. The molecule has 0 aliphatic rings. The molecular weight excluding hydrogens is 229 g/mol. The Morgan fingerprint density at radius 3 is 2.25 bits per heavy atom. The van der Waals surface area contributed by atoms with Gasteiger partial charge in [-0.2, -0.15) is 13.2 Å². The van der Waals surface area contributed by atoms with Crippen LogP contribution in [0.25, 0.3) is 10.9 Å². The molecule has 0 atom stereocenters. The Hall–Kier alpha value is -1.59. The van der Waals surface area contributed by atoms with Crippen molar-refractivity contribution in [1.82, 2.24) is 4.98 Å².